The first-order chi connectivity index (χ1) is 16.2. The third-order valence-corrected chi connectivity index (χ3v) is 7.14. The van der Waals surface area contributed by atoms with Crippen molar-refractivity contribution in [2.45, 2.75) is 63.1 Å². The van der Waals surface area contributed by atoms with Gasteiger partial charge in [0.15, 0.2) is 23.1 Å². The van der Waals surface area contributed by atoms with Crippen molar-refractivity contribution in [1.29, 1.82) is 0 Å². The van der Waals surface area contributed by atoms with E-state index in [2.05, 4.69) is 34.7 Å². The standard InChI is InChI=1S/C26H33F2N3O3/c1-16(2)34-22-8-5-17(13-23(22)33-4)26-10-9-19(15-24(26)31(3)12-11-26)30-25(32)29-18-6-7-20(27)21(28)14-18/h5-8,13-14,16,19,24H,9-12,15H2,1-4H3,(H2,29,30,32)/t19-,24+,26+/m1/s1. The predicted molar refractivity (Wildman–Crippen MR) is 128 cm³/mol. The highest BCUT2D eigenvalue weighted by atomic mass is 19.2. The molecule has 184 valence electrons. The molecule has 2 aromatic carbocycles. The number of amides is 2. The lowest BCUT2D eigenvalue weighted by Gasteiger charge is -2.45. The fourth-order valence-electron chi connectivity index (χ4n) is 5.50. The van der Waals surface area contributed by atoms with E-state index in [0.717, 1.165) is 55.9 Å². The normalized spacial score (nSPS) is 24.6. The van der Waals surface area contributed by atoms with Crippen LogP contribution in [0.2, 0.25) is 0 Å². The van der Waals surface area contributed by atoms with Crippen molar-refractivity contribution >= 4 is 11.7 Å². The first-order valence-electron chi connectivity index (χ1n) is 11.8. The maximum absolute atomic E-state index is 13.5. The average molecular weight is 474 g/mol. The van der Waals surface area contributed by atoms with E-state index in [4.69, 9.17) is 9.47 Å². The van der Waals surface area contributed by atoms with Crippen LogP contribution in [0, 0.1) is 11.6 Å². The van der Waals surface area contributed by atoms with Gasteiger partial charge in [-0.15, -0.1) is 0 Å². The molecule has 2 aromatic rings. The summed E-state index contributed by atoms with van der Waals surface area (Å²) in [6.45, 7) is 4.96. The molecule has 2 aliphatic rings. The molecule has 1 saturated heterocycles. The van der Waals surface area contributed by atoms with Crippen molar-refractivity contribution in [3.05, 3.63) is 53.6 Å². The van der Waals surface area contributed by atoms with E-state index >= 15 is 0 Å². The van der Waals surface area contributed by atoms with Gasteiger partial charge in [0, 0.05) is 29.3 Å². The molecule has 2 fully saturated rings. The first-order valence-corrected chi connectivity index (χ1v) is 11.8. The Morgan fingerprint density at radius 2 is 1.91 bits per heavy atom. The lowest BCUT2D eigenvalue weighted by Crippen LogP contribution is -2.52. The molecule has 0 aromatic heterocycles. The molecule has 2 amide bonds. The highest BCUT2D eigenvalue weighted by molar-refractivity contribution is 5.89. The van der Waals surface area contributed by atoms with Crippen LogP contribution in [0.1, 0.15) is 45.1 Å². The number of rotatable bonds is 6. The number of benzene rings is 2. The Balaban J connectivity index is 1.47. The number of fused-ring (bicyclic) bond motifs is 1. The van der Waals surface area contributed by atoms with Gasteiger partial charge in [0.25, 0.3) is 0 Å². The van der Waals surface area contributed by atoms with E-state index in [-0.39, 0.29) is 29.3 Å². The van der Waals surface area contributed by atoms with Gasteiger partial charge in [-0.2, -0.15) is 0 Å². The zero-order chi connectivity index (χ0) is 24.5. The number of urea groups is 1. The van der Waals surface area contributed by atoms with Gasteiger partial charge in [-0.1, -0.05) is 6.07 Å². The van der Waals surface area contributed by atoms with Gasteiger partial charge in [-0.25, -0.2) is 13.6 Å². The number of anilines is 1. The van der Waals surface area contributed by atoms with Crippen LogP contribution in [0.5, 0.6) is 11.5 Å². The summed E-state index contributed by atoms with van der Waals surface area (Å²) >= 11 is 0. The van der Waals surface area contributed by atoms with Crippen LogP contribution in [0.4, 0.5) is 19.3 Å². The van der Waals surface area contributed by atoms with Crippen LogP contribution in [0.3, 0.4) is 0 Å². The molecule has 0 radical (unpaired) electrons. The van der Waals surface area contributed by atoms with Crippen LogP contribution in [-0.4, -0.2) is 49.8 Å². The molecule has 0 unspecified atom stereocenters. The molecule has 0 bridgehead atoms. The zero-order valence-electron chi connectivity index (χ0n) is 20.2. The number of carbonyl (C=O) groups excluding carboxylic acids is 1. The van der Waals surface area contributed by atoms with Crippen molar-refractivity contribution < 1.29 is 23.0 Å². The third kappa shape index (κ3) is 4.82. The van der Waals surface area contributed by atoms with Gasteiger partial charge in [0.05, 0.1) is 13.2 Å². The number of nitrogens with one attached hydrogen (secondary N) is 2. The molecule has 1 saturated carbocycles. The minimum absolute atomic E-state index is 0.0191. The highest BCUT2D eigenvalue weighted by Crippen LogP contribution is 2.50. The van der Waals surface area contributed by atoms with E-state index in [0.29, 0.717) is 0 Å². The van der Waals surface area contributed by atoms with Gasteiger partial charge < -0.3 is 25.0 Å². The number of nitrogens with zero attached hydrogens (tertiary/aromatic N) is 1. The van der Waals surface area contributed by atoms with Crippen LogP contribution in [0.15, 0.2) is 36.4 Å². The molecule has 6 nitrogen and oxygen atoms in total. The highest BCUT2D eigenvalue weighted by Gasteiger charge is 2.50. The van der Waals surface area contributed by atoms with Gasteiger partial charge in [-0.05, 0) is 83.0 Å². The van der Waals surface area contributed by atoms with E-state index in [1.165, 1.54) is 11.6 Å². The molecule has 4 rings (SSSR count). The maximum Gasteiger partial charge on any atom is 0.319 e. The van der Waals surface area contributed by atoms with Crippen molar-refractivity contribution in [2.75, 3.05) is 26.0 Å². The largest absolute Gasteiger partial charge is 0.493 e. The molecule has 1 aliphatic heterocycles. The minimum Gasteiger partial charge on any atom is -0.493 e. The Hall–Kier alpha value is -2.87. The number of methoxy groups -OCH3 is 1. The molecule has 0 spiro atoms. The number of carbonyl (C=O) groups is 1. The number of likely N-dealkylation sites (tertiary alicyclic amines) is 1. The summed E-state index contributed by atoms with van der Waals surface area (Å²) in [5, 5.41) is 5.62. The second-order valence-corrected chi connectivity index (χ2v) is 9.63. The Bertz CT molecular complexity index is 1050. The second-order valence-electron chi connectivity index (χ2n) is 9.63. The van der Waals surface area contributed by atoms with Crippen molar-refractivity contribution in [3.8, 4) is 11.5 Å². The molecule has 34 heavy (non-hydrogen) atoms. The minimum atomic E-state index is -0.993. The Morgan fingerprint density at radius 1 is 1.12 bits per heavy atom. The molecule has 1 heterocycles. The molecular weight excluding hydrogens is 440 g/mol. The van der Waals surface area contributed by atoms with Gasteiger partial charge in [0.1, 0.15) is 0 Å². The lowest BCUT2D eigenvalue weighted by molar-refractivity contribution is 0.155. The quantitative estimate of drug-likeness (QED) is 0.615. The Labute approximate surface area is 199 Å². The molecule has 8 heteroatoms. The van der Waals surface area contributed by atoms with Crippen LogP contribution >= 0.6 is 0 Å². The van der Waals surface area contributed by atoms with Crippen LogP contribution < -0.4 is 20.1 Å². The van der Waals surface area contributed by atoms with Crippen LogP contribution in [-0.2, 0) is 5.41 Å². The number of hydrogen-bond donors (Lipinski definition) is 2. The summed E-state index contributed by atoms with van der Waals surface area (Å²) in [7, 11) is 3.79. The first kappa shape index (κ1) is 24.3. The van der Waals surface area contributed by atoms with Gasteiger partial charge in [0.2, 0.25) is 0 Å². The summed E-state index contributed by atoms with van der Waals surface area (Å²) < 4.78 is 38.1. The van der Waals surface area contributed by atoms with E-state index < -0.39 is 17.7 Å². The molecule has 2 N–H and O–H groups in total. The lowest BCUT2D eigenvalue weighted by atomic mass is 9.65. The second kappa shape index (κ2) is 9.78. The maximum atomic E-state index is 13.5. The van der Waals surface area contributed by atoms with Crippen molar-refractivity contribution in [2.24, 2.45) is 0 Å². The smallest absolute Gasteiger partial charge is 0.319 e. The number of halogens is 2. The van der Waals surface area contributed by atoms with Crippen molar-refractivity contribution in [1.82, 2.24) is 10.2 Å². The van der Waals surface area contributed by atoms with Crippen molar-refractivity contribution in [3.63, 3.8) is 0 Å². The molecule has 1 aliphatic carbocycles. The van der Waals surface area contributed by atoms with Gasteiger partial charge >= 0.3 is 6.03 Å². The number of hydrogen-bond acceptors (Lipinski definition) is 4. The summed E-state index contributed by atoms with van der Waals surface area (Å²) in [4.78, 5) is 14.9. The average Bonchev–Trinajstić information content (AvgIpc) is 3.13. The summed E-state index contributed by atoms with van der Waals surface area (Å²) in [5.41, 5.74) is 1.43. The van der Waals surface area contributed by atoms with E-state index in [9.17, 15) is 13.6 Å². The number of ether oxygens (including phenoxy) is 2. The summed E-state index contributed by atoms with van der Waals surface area (Å²) in [6, 6.07) is 9.40. The predicted octanol–water partition coefficient (Wildman–Crippen LogP) is 5.08. The fourth-order valence-corrected chi connectivity index (χ4v) is 5.50. The number of likely N-dealkylation sites (N-methyl/N-ethyl adjacent to an activating group) is 1. The topological polar surface area (TPSA) is 62.8 Å². The third-order valence-electron chi connectivity index (χ3n) is 7.14. The molecule has 3 atom stereocenters. The fraction of sp³-hybridized carbons (Fsp3) is 0.500. The zero-order valence-corrected chi connectivity index (χ0v) is 20.2. The van der Waals surface area contributed by atoms with Gasteiger partial charge in [-0.3, -0.25) is 0 Å². The summed E-state index contributed by atoms with van der Waals surface area (Å²) in [5.74, 6) is -0.461. The van der Waals surface area contributed by atoms with E-state index in [1.54, 1.807) is 7.11 Å². The van der Waals surface area contributed by atoms with E-state index in [1.807, 2.05) is 19.9 Å². The molecular formula is C26H33F2N3O3. The summed E-state index contributed by atoms with van der Waals surface area (Å²) in [6.07, 6.45) is 3.64. The Morgan fingerprint density at radius 3 is 2.62 bits per heavy atom. The SMILES string of the molecule is COc1cc([C@@]23CC[C@@H](NC(=O)Nc4ccc(F)c(F)c4)C[C@@H]2N(C)CC3)ccc1OC(C)C. The Kier molecular flexibility index (Phi) is 6.98. The van der Waals surface area contributed by atoms with Crippen LogP contribution in [0.25, 0.3) is 0 Å². The monoisotopic (exact) mass is 473 g/mol.